The molecule has 8 heteroatoms. The minimum Gasteiger partial charge on any atom is -0.350 e. The Morgan fingerprint density at radius 1 is 1.29 bits per heavy atom. The Kier molecular flexibility index (Phi) is 9.82. The Balaban J connectivity index is 1.31. The molecule has 0 fully saturated rings. The number of carbonyl (C=O) groups excluding carboxylic acids is 1. The second kappa shape index (κ2) is 13.0. The van der Waals surface area contributed by atoms with Crippen LogP contribution >= 0.6 is 31.7 Å². The quantitative estimate of drug-likeness (QED) is 0.234. The first kappa shape index (κ1) is 26.4. The molecule has 0 saturated carbocycles. The van der Waals surface area contributed by atoms with Crippen LogP contribution in [0.15, 0.2) is 59.7 Å². The summed E-state index contributed by atoms with van der Waals surface area (Å²) in [6, 6.07) is 4.03. The molecular weight excluding hydrogens is 499 g/mol. The van der Waals surface area contributed by atoms with Gasteiger partial charge in [0.15, 0.2) is 13.5 Å². The standard InChI is InChI=1S/C27H32ClN2O3PS/c1-2-6-27(31)35-16-14-33-34(32)15-13-26-29-24-17-22(23(28)18-25(24)30-26)21-11-9-20(10-12-21)19-7-4-3-5-8-19/h4,7-11,17-18,21,32H,2-3,5-6,12-16H2,1H3,(H,29,30). The van der Waals surface area contributed by atoms with Crippen LogP contribution in [0.5, 0.6) is 0 Å². The van der Waals surface area contributed by atoms with Gasteiger partial charge in [0, 0.05) is 35.7 Å². The molecule has 0 spiro atoms. The van der Waals surface area contributed by atoms with Gasteiger partial charge < -0.3 is 14.4 Å². The number of halogens is 1. The van der Waals surface area contributed by atoms with E-state index < -0.39 is 8.38 Å². The van der Waals surface area contributed by atoms with Crippen molar-refractivity contribution in [3.63, 3.8) is 0 Å². The summed E-state index contributed by atoms with van der Waals surface area (Å²) in [5.41, 5.74) is 5.47. The highest BCUT2D eigenvalue weighted by atomic mass is 35.5. The molecule has 0 amide bonds. The molecule has 5 nitrogen and oxygen atoms in total. The van der Waals surface area contributed by atoms with E-state index >= 15 is 0 Å². The molecular formula is C27H32ClN2O3PS. The number of imidazole rings is 1. The largest absolute Gasteiger partial charge is 0.350 e. The van der Waals surface area contributed by atoms with E-state index in [1.54, 1.807) is 0 Å². The van der Waals surface area contributed by atoms with Crippen molar-refractivity contribution in [2.75, 3.05) is 18.5 Å². The average Bonchev–Trinajstić information content (AvgIpc) is 3.27. The number of nitrogens with one attached hydrogen (secondary N) is 1. The van der Waals surface area contributed by atoms with E-state index in [0.717, 1.165) is 53.1 Å². The first-order valence-corrected chi connectivity index (χ1v) is 15.0. The summed E-state index contributed by atoms with van der Waals surface area (Å²) in [6.07, 6.45) is 19.2. The third-order valence-corrected chi connectivity index (χ3v) is 8.37. The Morgan fingerprint density at radius 3 is 2.89 bits per heavy atom. The number of H-pyrrole nitrogens is 1. The normalized spacial score (nSPS) is 18.5. The molecule has 2 atom stereocenters. The van der Waals surface area contributed by atoms with Crippen molar-refractivity contribution in [2.45, 2.75) is 51.4 Å². The maximum Gasteiger partial charge on any atom is 0.189 e. The third kappa shape index (κ3) is 7.41. The zero-order valence-corrected chi connectivity index (χ0v) is 22.5. The number of aromatic amines is 1. The number of thioether (sulfide) groups is 1. The first-order valence-electron chi connectivity index (χ1n) is 12.2. The Hall–Kier alpha value is -1.69. The molecule has 1 aromatic carbocycles. The summed E-state index contributed by atoms with van der Waals surface area (Å²) in [5, 5.41) is 0.902. The lowest BCUT2D eigenvalue weighted by Gasteiger charge is -2.19. The molecule has 4 rings (SSSR count). The van der Waals surface area contributed by atoms with Gasteiger partial charge in [0.25, 0.3) is 0 Å². The van der Waals surface area contributed by atoms with Gasteiger partial charge in [-0.1, -0.05) is 66.7 Å². The third-order valence-electron chi connectivity index (χ3n) is 6.06. The van der Waals surface area contributed by atoms with E-state index in [0.29, 0.717) is 31.4 Å². The zero-order valence-electron chi connectivity index (χ0n) is 20.0. The number of hydrogen-bond donors (Lipinski definition) is 2. The number of aromatic nitrogens is 2. The maximum absolute atomic E-state index is 11.5. The minimum absolute atomic E-state index is 0.178. The highest BCUT2D eigenvalue weighted by Crippen LogP contribution is 2.36. The fraction of sp³-hybridized carbons (Fsp3) is 0.407. The van der Waals surface area contributed by atoms with Crippen molar-refractivity contribution in [3.8, 4) is 0 Å². The molecule has 35 heavy (non-hydrogen) atoms. The molecule has 2 aliphatic carbocycles. The summed E-state index contributed by atoms with van der Waals surface area (Å²) >= 11 is 7.93. The monoisotopic (exact) mass is 530 g/mol. The highest BCUT2D eigenvalue weighted by molar-refractivity contribution is 8.13. The molecule has 1 heterocycles. The van der Waals surface area contributed by atoms with Crippen LogP contribution in [0.2, 0.25) is 5.02 Å². The fourth-order valence-electron chi connectivity index (χ4n) is 4.24. The zero-order chi connectivity index (χ0) is 24.6. The van der Waals surface area contributed by atoms with Crippen molar-refractivity contribution < 1.29 is 14.2 Å². The van der Waals surface area contributed by atoms with Gasteiger partial charge in [0.1, 0.15) is 5.82 Å². The van der Waals surface area contributed by atoms with Crippen molar-refractivity contribution in [1.82, 2.24) is 9.97 Å². The number of carbonyl (C=O) groups is 1. The Bertz CT molecular complexity index is 1170. The lowest BCUT2D eigenvalue weighted by atomic mass is 9.87. The second-order valence-electron chi connectivity index (χ2n) is 8.70. The number of aryl methyl sites for hydroxylation is 1. The van der Waals surface area contributed by atoms with E-state index in [2.05, 4.69) is 52.5 Å². The van der Waals surface area contributed by atoms with Gasteiger partial charge in [-0.05, 0) is 54.5 Å². The van der Waals surface area contributed by atoms with Gasteiger partial charge >= 0.3 is 0 Å². The van der Waals surface area contributed by atoms with Crippen LogP contribution in [0.4, 0.5) is 0 Å². The van der Waals surface area contributed by atoms with Gasteiger partial charge in [-0.15, -0.1) is 0 Å². The topological polar surface area (TPSA) is 75.2 Å². The van der Waals surface area contributed by atoms with Crippen LogP contribution in [0.25, 0.3) is 11.0 Å². The molecule has 2 aliphatic rings. The summed E-state index contributed by atoms with van der Waals surface area (Å²) in [4.78, 5) is 29.8. The molecule has 186 valence electrons. The Morgan fingerprint density at radius 2 is 2.14 bits per heavy atom. The van der Waals surface area contributed by atoms with Crippen LogP contribution in [0, 0.1) is 0 Å². The minimum atomic E-state index is -1.54. The van der Waals surface area contributed by atoms with Gasteiger partial charge in [0.2, 0.25) is 0 Å². The number of allylic oxidation sites excluding steroid dienone is 8. The number of benzene rings is 1. The van der Waals surface area contributed by atoms with E-state index in [1.165, 1.54) is 22.9 Å². The number of nitrogens with zero attached hydrogens (tertiary/aromatic N) is 1. The van der Waals surface area contributed by atoms with Crippen LogP contribution in [-0.2, 0) is 15.7 Å². The Labute approximate surface area is 217 Å². The summed E-state index contributed by atoms with van der Waals surface area (Å²) < 4.78 is 5.50. The predicted octanol–water partition coefficient (Wildman–Crippen LogP) is 7.39. The molecule has 2 N–H and O–H groups in total. The van der Waals surface area contributed by atoms with Gasteiger partial charge in [0.05, 0.1) is 17.6 Å². The smallest absolute Gasteiger partial charge is 0.189 e. The molecule has 0 aliphatic heterocycles. The van der Waals surface area contributed by atoms with E-state index in [-0.39, 0.29) is 11.0 Å². The van der Waals surface area contributed by atoms with Crippen LogP contribution in [-0.4, -0.2) is 38.5 Å². The van der Waals surface area contributed by atoms with E-state index in [4.69, 9.17) is 16.1 Å². The molecule has 2 aromatic rings. The van der Waals surface area contributed by atoms with Crippen molar-refractivity contribution >= 4 is 47.9 Å². The van der Waals surface area contributed by atoms with Gasteiger partial charge in [-0.3, -0.25) is 4.79 Å². The van der Waals surface area contributed by atoms with E-state index in [9.17, 15) is 9.69 Å². The van der Waals surface area contributed by atoms with Gasteiger partial charge in [-0.25, -0.2) is 4.98 Å². The van der Waals surface area contributed by atoms with Crippen LogP contribution in [0.3, 0.4) is 0 Å². The molecule has 0 saturated heterocycles. The SMILES string of the molecule is CCCC(=O)SCCOP(O)CCc1nc2cc(Cl)c(C3C=CC(C4=CCCC=C4)=CC3)cc2[nH]1. The lowest BCUT2D eigenvalue weighted by Crippen LogP contribution is -2.01. The summed E-state index contributed by atoms with van der Waals surface area (Å²) in [5.74, 6) is 1.62. The number of hydrogen-bond acceptors (Lipinski definition) is 5. The molecule has 0 radical (unpaired) electrons. The summed E-state index contributed by atoms with van der Waals surface area (Å²) in [6.45, 7) is 2.36. The predicted molar refractivity (Wildman–Crippen MR) is 148 cm³/mol. The average molecular weight is 531 g/mol. The van der Waals surface area contributed by atoms with Gasteiger partial charge in [-0.2, -0.15) is 0 Å². The molecule has 2 unspecified atom stereocenters. The lowest BCUT2D eigenvalue weighted by molar-refractivity contribution is -0.111. The summed E-state index contributed by atoms with van der Waals surface area (Å²) in [7, 11) is -1.54. The first-order chi connectivity index (χ1) is 17.0. The molecule has 1 aromatic heterocycles. The maximum atomic E-state index is 11.5. The number of fused-ring (bicyclic) bond motifs is 1. The van der Waals surface area contributed by atoms with Crippen LogP contribution in [0.1, 0.15) is 56.3 Å². The second-order valence-corrected chi connectivity index (χ2v) is 11.7. The van der Waals surface area contributed by atoms with Crippen LogP contribution < -0.4 is 0 Å². The molecule has 0 bridgehead atoms. The van der Waals surface area contributed by atoms with Crippen molar-refractivity contribution in [3.05, 3.63) is 76.1 Å². The van der Waals surface area contributed by atoms with Crippen molar-refractivity contribution in [2.24, 2.45) is 0 Å². The van der Waals surface area contributed by atoms with E-state index in [1.807, 2.05) is 13.0 Å². The fourth-order valence-corrected chi connectivity index (χ4v) is 6.24. The number of rotatable bonds is 11. The van der Waals surface area contributed by atoms with Crippen molar-refractivity contribution in [1.29, 1.82) is 0 Å². The highest BCUT2D eigenvalue weighted by Gasteiger charge is 2.18.